The summed E-state index contributed by atoms with van der Waals surface area (Å²) in [5.74, 6) is -1.01. The third kappa shape index (κ3) is 4.13. The van der Waals surface area contributed by atoms with E-state index in [0.29, 0.717) is 17.9 Å². The van der Waals surface area contributed by atoms with Gasteiger partial charge in [0.05, 0.1) is 39.3 Å². The Morgan fingerprint density at radius 1 is 1.23 bits per heavy atom. The molecule has 0 radical (unpaired) electrons. The van der Waals surface area contributed by atoms with E-state index >= 15 is 0 Å². The second-order valence-electron chi connectivity index (χ2n) is 7.38. The SMILES string of the molecule is CC[NH+](CC)CCN1C(=O)C(=O)/C(=C(/[O-])c2ccc(OC)c(C)c2)C1c1cccs1. The van der Waals surface area contributed by atoms with Crippen LogP contribution in [0.2, 0.25) is 0 Å². The molecule has 0 spiro atoms. The lowest BCUT2D eigenvalue weighted by atomic mass is 9.99. The molecule has 3 rings (SSSR count). The van der Waals surface area contributed by atoms with E-state index in [9.17, 15) is 14.7 Å². The average Bonchev–Trinajstić information content (AvgIpc) is 3.36. The lowest BCUT2D eigenvalue weighted by molar-refractivity contribution is -0.895. The lowest BCUT2D eigenvalue weighted by Crippen LogP contribution is -3.12. The van der Waals surface area contributed by atoms with Crippen LogP contribution < -0.4 is 14.7 Å². The molecule has 1 saturated heterocycles. The molecule has 2 aromatic rings. The molecule has 2 heterocycles. The van der Waals surface area contributed by atoms with Crippen LogP contribution in [-0.4, -0.2) is 49.9 Å². The summed E-state index contributed by atoms with van der Waals surface area (Å²) >= 11 is 1.45. The number of methoxy groups -OCH3 is 1. The summed E-state index contributed by atoms with van der Waals surface area (Å²) in [6.07, 6.45) is 0. The number of ketones is 1. The molecule has 1 atom stereocenters. The van der Waals surface area contributed by atoms with Crippen LogP contribution >= 0.6 is 11.3 Å². The number of benzene rings is 1. The predicted molar refractivity (Wildman–Crippen MR) is 115 cm³/mol. The largest absolute Gasteiger partial charge is 0.872 e. The van der Waals surface area contributed by atoms with Crippen molar-refractivity contribution < 1.29 is 24.3 Å². The Morgan fingerprint density at radius 2 is 1.97 bits per heavy atom. The highest BCUT2D eigenvalue weighted by molar-refractivity contribution is 7.10. The van der Waals surface area contributed by atoms with Crippen molar-refractivity contribution in [1.29, 1.82) is 0 Å². The first-order valence-electron chi connectivity index (χ1n) is 10.2. The van der Waals surface area contributed by atoms with Crippen molar-refractivity contribution in [2.24, 2.45) is 0 Å². The molecule has 1 amide bonds. The van der Waals surface area contributed by atoms with Gasteiger partial charge in [-0.05, 0) is 55.5 Å². The molecule has 1 unspecified atom stereocenters. The van der Waals surface area contributed by atoms with Crippen molar-refractivity contribution in [2.75, 3.05) is 33.3 Å². The maximum Gasteiger partial charge on any atom is 0.295 e. The first-order valence-corrected chi connectivity index (χ1v) is 11.1. The van der Waals surface area contributed by atoms with Gasteiger partial charge in [-0.25, -0.2) is 0 Å². The van der Waals surface area contributed by atoms with E-state index in [0.717, 1.165) is 30.1 Å². The Balaban J connectivity index is 2.05. The molecule has 30 heavy (non-hydrogen) atoms. The minimum atomic E-state index is -0.693. The summed E-state index contributed by atoms with van der Waals surface area (Å²) < 4.78 is 5.27. The number of amides is 1. The molecule has 6 nitrogen and oxygen atoms in total. The van der Waals surface area contributed by atoms with Gasteiger partial charge < -0.3 is 19.6 Å². The van der Waals surface area contributed by atoms with Gasteiger partial charge in [-0.1, -0.05) is 17.9 Å². The Hall–Kier alpha value is -2.64. The summed E-state index contributed by atoms with van der Waals surface area (Å²) in [7, 11) is 1.57. The zero-order valence-corrected chi connectivity index (χ0v) is 18.7. The molecule has 0 bridgehead atoms. The van der Waals surface area contributed by atoms with Crippen molar-refractivity contribution in [3.05, 3.63) is 57.3 Å². The second kappa shape index (κ2) is 9.45. The number of nitrogens with one attached hydrogen (secondary N) is 1. The molecule has 0 saturated carbocycles. The number of Topliss-reactive ketones (excluding diaryl/α,β-unsaturated/α-hetero) is 1. The number of hydrogen-bond acceptors (Lipinski definition) is 5. The average molecular weight is 429 g/mol. The highest BCUT2D eigenvalue weighted by Gasteiger charge is 2.44. The molecular weight excluding hydrogens is 400 g/mol. The smallest absolute Gasteiger partial charge is 0.295 e. The van der Waals surface area contributed by atoms with E-state index in [-0.39, 0.29) is 5.57 Å². The molecule has 0 aliphatic carbocycles. The van der Waals surface area contributed by atoms with Crippen molar-refractivity contribution in [1.82, 2.24) is 4.90 Å². The summed E-state index contributed by atoms with van der Waals surface area (Å²) in [5, 5.41) is 15.3. The predicted octanol–water partition coefficient (Wildman–Crippen LogP) is 1.21. The van der Waals surface area contributed by atoms with Crippen molar-refractivity contribution >= 4 is 28.8 Å². The van der Waals surface area contributed by atoms with Gasteiger partial charge in [0.2, 0.25) is 5.78 Å². The van der Waals surface area contributed by atoms with E-state index < -0.39 is 23.5 Å². The number of hydrogen-bond donors (Lipinski definition) is 1. The highest BCUT2D eigenvalue weighted by Crippen LogP contribution is 2.40. The van der Waals surface area contributed by atoms with Gasteiger partial charge in [-0.2, -0.15) is 0 Å². The van der Waals surface area contributed by atoms with Gasteiger partial charge in [0, 0.05) is 10.5 Å². The van der Waals surface area contributed by atoms with Crippen LogP contribution in [0.5, 0.6) is 5.75 Å². The Morgan fingerprint density at radius 3 is 2.53 bits per heavy atom. The van der Waals surface area contributed by atoms with Crippen LogP contribution in [0.1, 0.15) is 35.9 Å². The Kier molecular flexibility index (Phi) is 6.95. The van der Waals surface area contributed by atoms with Crippen LogP contribution in [0.4, 0.5) is 0 Å². The normalized spacial score (nSPS) is 18.4. The summed E-state index contributed by atoms with van der Waals surface area (Å²) in [5.41, 5.74) is 1.24. The number of ether oxygens (including phenoxy) is 1. The van der Waals surface area contributed by atoms with E-state index in [4.69, 9.17) is 4.74 Å². The van der Waals surface area contributed by atoms with Gasteiger partial charge in [0.1, 0.15) is 5.75 Å². The Labute approximate surface area is 181 Å². The van der Waals surface area contributed by atoms with Crippen LogP contribution in [0.3, 0.4) is 0 Å². The van der Waals surface area contributed by atoms with Gasteiger partial charge in [0.25, 0.3) is 5.91 Å². The van der Waals surface area contributed by atoms with Crippen LogP contribution in [0, 0.1) is 6.92 Å². The van der Waals surface area contributed by atoms with Crippen LogP contribution in [-0.2, 0) is 9.59 Å². The van der Waals surface area contributed by atoms with E-state index in [1.54, 1.807) is 30.2 Å². The first-order chi connectivity index (χ1) is 14.4. The number of rotatable bonds is 8. The molecule has 1 aliphatic rings. The van der Waals surface area contributed by atoms with E-state index in [1.807, 2.05) is 24.4 Å². The van der Waals surface area contributed by atoms with Crippen LogP contribution in [0.25, 0.3) is 5.76 Å². The molecule has 1 aromatic carbocycles. The number of likely N-dealkylation sites (tertiary alicyclic amines) is 1. The molecule has 1 fully saturated rings. The van der Waals surface area contributed by atoms with Gasteiger partial charge in [0.15, 0.2) is 0 Å². The Bertz CT molecular complexity index is 948. The van der Waals surface area contributed by atoms with Gasteiger partial charge in [-0.3, -0.25) is 9.59 Å². The molecular formula is C23H28N2O4S. The quantitative estimate of drug-likeness (QED) is 0.390. The monoisotopic (exact) mass is 428 g/mol. The van der Waals surface area contributed by atoms with Gasteiger partial charge >= 0.3 is 0 Å². The number of likely N-dealkylation sites (N-methyl/N-ethyl adjacent to an activating group) is 1. The van der Waals surface area contributed by atoms with Gasteiger partial charge in [-0.15, -0.1) is 11.3 Å². The van der Waals surface area contributed by atoms with E-state index in [2.05, 4.69) is 13.8 Å². The number of aryl methyl sites for hydroxylation is 1. The maximum absolute atomic E-state index is 13.4. The number of carbonyl (C=O) groups excluding carboxylic acids is 2. The molecule has 1 aromatic heterocycles. The van der Waals surface area contributed by atoms with Crippen molar-refractivity contribution in [2.45, 2.75) is 26.8 Å². The second-order valence-corrected chi connectivity index (χ2v) is 8.36. The molecule has 160 valence electrons. The zero-order chi connectivity index (χ0) is 21.8. The minimum Gasteiger partial charge on any atom is -0.872 e. The van der Waals surface area contributed by atoms with Crippen molar-refractivity contribution in [3.63, 3.8) is 0 Å². The highest BCUT2D eigenvalue weighted by atomic mass is 32.1. The standard InChI is InChI=1S/C23H28N2O4S/c1-5-24(6-2)11-12-25-20(18-8-7-13-30-18)19(22(27)23(25)28)21(26)16-9-10-17(29-4)15(3)14-16/h7-10,13-14,20,26H,5-6,11-12H2,1-4H3/b21-19+. The summed E-state index contributed by atoms with van der Waals surface area (Å²) in [6.45, 7) is 9.09. The minimum absolute atomic E-state index is 0.0431. The zero-order valence-electron chi connectivity index (χ0n) is 17.9. The number of carbonyl (C=O) groups is 2. The fourth-order valence-corrected chi connectivity index (χ4v) is 4.75. The number of nitrogens with zero attached hydrogens (tertiary/aromatic N) is 1. The number of quaternary nitrogens is 1. The van der Waals surface area contributed by atoms with Crippen LogP contribution in [0.15, 0.2) is 41.3 Å². The lowest BCUT2D eigenvalue weighted by Gasteiger charge is -2.27. The topological polar surface area (TPSA) is 74.1 Å². The van der Waals surface area contributed by atoms with Crippen molar-refractivity contribution in [3.8, 4) is 5.75 Å². The maximum atomic E-state index is 13.4. The third-order valence-corrected chi connectivity index (χ3v) is 6.63. The molecule has 1 aliphatic heterocycles. The molecule has 7 heteroatoms. The molecule has 1 N–H and O–H groups in total. The van der Waals surface area contributed by atoms with E-state index in [1.165, 1.54) is 16.2 Å². The summed E-state index contributed by atoms with van der Waals surface area (Å²) in [6, 6.07) is 8.19. The fourth-order valence-electron chi connectivity index (χ4n) is 3.90. The summed E-state index contributed by atoms with van der Waals surface area (Å²) in [4.78, 5) is 29.6. The number of thiophene rings is 1. The third-order valence-electron chi connectivity index (χ3n) is 5.71. The fraction of sp³-hybridized carbons (Fsp3) is 0.391. The first kappa shape index (κ1) is 22.1.